The van der Waals surface area contributed by atoms with Gasteiger partial charge in [-0.2, -0.15) is 0 Å². The van der Waals surface area contributed by atoms with Crippen LogP contribution in [0.2, 0.25) is 5.15 Å². The van der Waals surface area contributed by atoms with Crippen LogP contribution in [0, 0.1) is 6.92 Å². The maximum absolute atomic E-state index is 12.6. The number of hydrogen-bond donors (Lipinski definition) is 2. The summed E-state index contributed by atoms with van der Waals surface area (Å²) < 4.78 is 10.5. The predicted octanol–water partition coefficient (Wildman–Crippen LogP) is 2.81. The zero-order valence-corrected chi connectivity index (χ0v) is 18.4. The molecule has 8 nitrogen and oxygen atoms in total. The van der Waals surface area contributed by atoms with Crippen molar-refractivity contribution in [2.75, 3.05) is 32.2 Å². The number of imidazole rings is 1. The Morgan fingerprint density at radius 3 is 2.83 bits per heavy atom. The molecule has 1 aliphatic heterocycles. The summed E-state index contributed by atoms with van der Waals surface area (Å²) in [6, 6.07) is 1.83. The average Bonchev–Trinajstić information content (AvgIpc) is 3.30. The number of carbonyl (C=O) groups is 2. The fourth-order valence-corrected chi connectivity index (χ4v) is 4.80. The number of carbonyl (C=O) groups excluding carboxylic acids is 2. The van der Waals surface area contributed by atoms with Crippen LogP contribution >= 0.6 is 22.9 Å². The molecule has 1 saturated heterocycles. The van der Waals surface area contributed by atoms with E-state index < -0.39 is 0 Å². The highest BCUT2D eigenvalue weighted by molar-refractivity contribution is 7.18. The van der Waals surface area contributed by atoms with Gasteiger partial charge in [-0.1, -0.05) is 18.5 Å². The number of aromatic nitrogens is 2. The molecule has 0 spiro atoms. The molecule has 10 heteroatoms. The van der Waals surface area contributed by atoms with Crippen molar-refractivity contribution in [3.63, 3.8) is 0 Å². The summed E-state index contributed by atoms with van der Waals surface area (Å²) in [6.45, 7) is 5.16. The highest BCUT2D eigenvalue weighted by Crippen LogP contribution is 2.32. The first-order chi connectivity index (χ1) is 13.9. The molecule has 158 valence electrons. The Bertz CT molecular complexity index is 897. The van der Waals surface area contributed by atoms with E-state index >= 15 is 0 Å². The quantitative estimate of drug-likeness (QED) is 0.670. The molecule has 2 N–H and O–H groups in total. The maximum atomic E-state index is 12.6. The molecule has 2 aromatic heterocycles. The van der Waals surface area contributed by atoms with Crippen LogP contribution in [-0.4, -0.2) is 61.3 Å². The maximum Gasteiger partial charge on any atom is 0.348 e. The smallest absolute Gasteiger partial charge is 0.348 e. The van der Waals surface area contributed by atoms with E-state index in [1.165, 1.54) is 18.4 Å². The van der Waals surface area contributed by atoms with Gasteiger partial charge in [0.05, 0.1) is 30.0 Å². The molecule has 1 fully saturated rings. The lowest BCUT2D eigenvalue weighted by molar-refractivity contribution is 0.0539. The van der Waals surface area contributed by atoms with E-state index in [0.717, 1.165) is 22.8 Å². The summed E-state index contributed by atoms with van der Waals surface area (Å²) in [5.41, 5.74) is 1.63. The highest BCUT2D eigenvalue weighted by Gasteiger charge is 2.32. The minimum Gasteiger partial charge on any atom is -0.465 e. The molecule has 1 amide bonds. The van der Waals surface area contributed by atoms with Gasteiger partial charge in [0.2, 0.25) is 0 Å². The van der Waals surface area contributed by atoms with E-state index in [1.54, 1.807) is 7.11 Å². The number of methoxy groups -OCH3 is 2. The van der Waals surface area contributed by atoms with Crippen LogP contribution in [0.25, 0.3) is 0 Å². The van der Waals surface area contributed by atoms with Crippen LogP contribution in [0.5, 0.6) is 0 Å². The molecule has 3 heterocycles. The van der Waals surface area contributed by atoms with Gasteiger partial charge in [0.15, 0.2) is 11.0 Å². The third-order valence-electron chi connectivity index (χ3n) is 5.06. The lowest BCUT2D eigenvalue weighted by Crippen LogP contribution is -2.55. The second-order valence-electron chi connectivity index (χ2n) is 6.89. The summed E-state index contributed by atoms with van der Waals surface area (Å²) >= 11 is 7.45. The molecule has 2 atom stereocenters. The highest BCUT2D eigenvalue weighted by atomic mass is 35.5. The topological polar surface area (TPSA) is 96.6 Å². The molecule has 0 radical (unpaired) electrons. The number of nitrogens with zero attached hydrogens (tertiary/aromatic N) is 2. The van der Waals surface area contributed by atoms with Crippen molar-refractivity contribution < 1.29 is 19.1 Å². The monoisotopic (exact) mass is 440 g/mol. The van der Waals surface area contributed by atoms with Gasteiger partial charge in [-0.05, 0) is 31.4 Å². The Hall–Kier alpha value is -2.10. The van der Waals surface area contributed by atoms with Gasteiger partial charge < -0.3 is 24.7 Å². The van der Waals surface area contributed by atoms with Gasteiger partial charge in [-0.25, -0.2) is 9.78 Å². The molecule has 2 aromatic rings. The van der Waals surface area contributed by atoms with Crippen LogP contribution in [0.15, 0.2) is 6.07 Å². The number of thiophene rings is 1. The first-order valence-corrected chi connectivity index (χ1v) is 10.6. The van der Waals surface area contributed by atoms with E-state index in [9.17, 15) is 9.59 Å². The van der Waals surface area contributed by atoms with Gasteiger partial charge in [0.1, 0.15) is 4.88 Å². The van der Waals surface area contributed by atoms with Crippen molar-refractivity contribution >= 4 is 39.8 Å². The predicted molar refractivity (Wildman–Crippen MR) is 112 cm³/mol. The summed E-state index contributed by atoms with van der Waals surface area (Å²) in [4.78, 5) is 34.3. The third kappa shape index (κ3) is 4.57. The first-order valence-electron chi connectivity index (χ1n) is 9.39. The van der Waals surface area contributed by atoms with E-state index in [0.29, 0.717) is 29.4 Å². The van der Waals surface area contributed by atoms with Crippen LogP contribution in [0.4, 0.5) is 5.00 Å². The summed E-state index contributed by atoms with van der Waals surface area (Å²) in [6.07, 6.45) is 1.17. The lowest BCUT2D eigenvalue weighted by atomic mass is 10.0. The molecule has 1 aliphatic rings. The number of esters is 1. The Labute approximate surface area is 178 Å². The van der Waals surface area contributed by atoms with E-state index in [1.807, 2.05) is 19.9 Å². The van der Waals surface area contributed by atoms with Crippen molar-refractivity contribution in [2.45, 2.75) is 38.8 Å². The number of rotatable bonds is 6. The Morgan fingerprint density at radius 1 is 1.45 bits per heavy atom. The number of aromatic amines is 1. The number of halogens is 1. The van der Waals surface area contributed by atoms with Gasteiger partial charge in [-0.3, -0.25) is 4.79 Å². The lowest BCUT2D eigenvalue weighted by Gasteiger charge is -2.38. The first kappa shape index (κ1) is 21.6. The van der Waals surface area contributed by atoms with Gasteiger partial charge in [-0.15, -0.1) is 11.3 Å². The Balaban J connectivity index is 1.68. The van der Waals surface area contributed by atoms with E-state index in [4.69, 9.17) is 21.1 Å². The minimum atomic E-state index is -0.326. The van der Waals surface area contributed by atoms with Crippen molar-refractivity contribution in [1.29, 1.82) is 0 Å². The molecule has 0 aliphatic carbocycles. The molecule has 29 heavy (non-hydrogen) atoms. The minimum absolute atomic E-state index is 0.154. The van der Waals surface area contributed by atoms with Gasteiger partial charge >= 0.3 is 5.97 Å². The molecule has 3 rings (SSSR count). The number of ether oxygens (including phenoxy) is 2. The number of H-pyrrole nitrogens is 1. The number of nitrogens with one attached hydrogen (secondary N) is 2. The zero-order valence-electron chi connectivity index (χ0n) is 16.9. The Kier molecular flexibility index (Phi) is 6.81. The Morgan fingerprint density at radius 2 is 2.21 bits per heavy atom. The number of anilines is 1. The standard InChI is InChI=1S/C19H25ClN4O4S/c1-5-11-16(20)23-17(21-11)18(25)22-12-6-7-24(9-13(12)27-3)14-8-10(2)15(29-14)19(26)28-4/h8,12-13H,5-7,9H2,1-4H3,(H,21,23)(H,22,25)/t12-,13+/m1/s1. The molecular formula is C19H25ClN4O4S. The summed E-state index contributed by atoms with van der Waals surface area (Å²) in [7, 11) is 3.01. The number of amides is 1. The van der Waals surface area contributed by atoms with Crippen LogP contribution in [0.1, 0.15) is 44.9 Å². The molecule has 0 bridgehead atoms. The zero-order chi connectivity index (χ0) is 21.1. The number of hydrogen-bond acceptors (Lipinski definition) is 7. The summed E-state index contributed by atoms with van der Waals surface area (Å²) in [5, 5.41) is 4.31. The van der Waals surface area contributed by atoms with Crippen LogP contribution in [0.3, 0.4) is 0 Å². The fourth-order valence-electron chi connectivity index (χ4n) is 3.40. The fraction of sp³-hybridized carbons (Fsp3) is 0.526. The second-order valence-corrected chi connectivity index (χ2v) is 8.27. The van der Waals surface area contributed by atoms with Crippen molar-refractivity contribution in [3.05, 3.63) is 33.2 Å². The van der Waals surface area contributed by atoms with Gasteiger partial charge in [0, 0.05) is 20.2 Å². The largest absolute Gasteiger partial charge is 0.465 e. The molecule has 0 unspecified atom stereocenters. The molecular weight excluding hydrogens is 416 g/mol. The van der Waals surface area contributed by atoms with Gasteiger partial charge in [0.25, 0.3) is 5.91 Å². The number of aryl methyl sites for hydroxylation is 2. The molecule has 0 aromatic carbocycles. The summed E-state index contributed by atoms with van der Waals surface area (Å²) in [5.74, 6) is -0.416. The third-order valence-corrected chi connectivity index (χ3v) is 6.65. The normalized spacial score (nSPS) is 19.3. The van der Waals surface area contributed by atoms with Crippen molar-refractivity contribution in [3.8, 4) is 0 Å². The van der Waals surface area contributed by atoms with Crippen LogP contribution in [-0.2, 0) is 15.9 Å². The van der Waals surface area contributed by atoms with Crippen LogP contribution < -0.4 is 10.2 Å². The van der Waals surface area contributed by atoms with E-state index in [-0.39, 0.29) is 29.8 Å². The van der Waals surface area contributed by atoms with Crippen molar-refractivity contribution in [2.24, 2.45) is 0 Å². The average molecular weight is 441 g/mol. The molecule has 0 saturated carbocycles. The van der Waals surface area contributed by atoms with E-state index in [2.05, 4.69) is 20.2 Å². The van der Waals surface area contributed by atoms with Crippen molar-refractivity contribution in [1.82, 2.24) is 15.3 Å². The number of piperidine rings is 1. The SMILES string of the molecule is CCc1[nH]c(C(=O)N[C@@H]2CCN(c3cc(C)c(C(=O)OC)s3)C[C@@H]2OC)nc1Cl. The second kappa shape index (κ2) is 9.15.